The fourth-order valence-electron chi connectivity index (χ4n) is 1.76. The first-order chi connectivity index (χ1) is 10.1. The van der Waals surface area contributed by atoms with Gasteiger partial charge in [-0.25, -0.2) is 10.8 Å². The van der Waals surface area contributed by atoms with Crippen molar-refractivity contribution < 1.29 is 9.66 Å². The summed E-state index contributed by atoms with van der Waals surface area (Å²) in [5.74, 6) is 6.58. The molecule has 0 fully saturated rings. The van der Waals surface area contributed by atoms with E-state index in [2.05, 4.69) is 15.7 Å². The summed E-state index contributed by atoms with van der Waals surface area (Å²) in [5.41, 5.74) is 3.17. The zero-order valence-corrected chi connectivity index (χ0v) is 11.4. The van der Waals surface area contributed by atoms with Crippen molar-refractivity contribution in [3.63, 3.8) is 0 Å². The number of methoxy groups -OCH3 is 1. The van der Waals surface area contributed by atoms with Gasteiger partial charge in [-0.3, -0.25) is 10.1 Å². The number of nitrogens with one attached hydrogen (secondary N) is 2. The number of ether oxygens (including phenoxy) is 1. The van der Waals surface area contributed by atoms with Crippen LogP contribution in [0.15, 0.2) is 36.4 Å². The molecule has 0 unspecified atom stereocenters. The summed E-state index contributed by atoms with van der Waals surface area (Å²) < 4.78 is 5.13. The van der Waals surface area contributed by atoms with Crippen LogP contribution in [0.2, 0.25) is 0 Å². The third-order valence-electron chi connectivity index (χ3n) is 2.78. The summed E-state index contributed by atoms with van der Waals surface area (Å²) in [6, 6.07) is 10.1. The second-order valence-electron chi connectivity index (χ2n) is 4.20. The Morgan fingerprint density at radius 3 is 2.76 bits per heavy atom. The van der Waals surface area contributed by atoms with Gasteiger partial charge in [-0.2, -0.15) is 0 Å². The predicted molar refractivity (Wildman–Crippen MR) is 79.0 cm³/mol. The summed E-state index contributed by atoms with van der Waals surface area (Å²) in [4.78, 5) is 14.5. The number of hydrazine groups is 1. The smallest absolute Gasteiger partial charge is 0.276 e. The fourth-order valence-corrected chi connectivity index (χ4v) is 1.76. The van der Waals surface area contributed by atoms with E-state index in [1.165, 1.54) is 12.1 Å². The monoisotopic (exact) mass is 289 g/mol. The zero-order chi connectivity index (χ0) is 15.2. The molecule has 0 aliphatic heterocycles. The second-order valence-corrected chi connectivity index (χ2v) is 4.20. The van der Waals surface area contributed by atoms with Gasteiger partial charge in [0, 0.05) is 6.54 Å². The van der Waals surface area contributed by atoms with Crippen LogP contribution in [-0.2, 0) is 6.54 Å². The maximum absolute atomic E-state index is 10.8. The Morgan fingerprint density at radius 1 is 1.33 bits per heavy atom. The second kappa shape index (κ2) is 6.53. The van der Waals surface area contributed by atoms with Crippen LogP contribution in [0.5, 0.6) is 5.75 Å². The summed E-state index contributed by atoms with van der Waals surface area (Å²) in [6.45, 7) is 0.454. The van der Waals surface area contributed by atoms with E-state index in [4.69, 9.17) is 10.6 Å². The molecular weight excluding hydrogens is 274 g/mol. The van der Waals surface area contributed by atoms with Crippen molar-refractivity contribution in [2.24, 2.45) is 5.84 Å². The molecule has 1 heterocycles. The number of nitrogen functional groups attached to an aromatic ring is 1. The number of nitrogens with two attached hydrogens (primary N) is 1. The van der Waals surface area contributed by atoms with Gasteiger partial charge in [0.15, 0.2) is 0 Å². The van der Waals surface area contributed by atoms with Gasteiger partial charge in [0.2, 0.25) is 0 Å². The van der Waals surface area contributed by atoms with E-state index in [1.807, 2.05) is 24.3 Å². The number of nitrogens with zero attached hydrogens (tertiary/aromatic N) is 2. The molecular formula is C13H15N5O3. The molecule has 4 N–H and O–H groups in total. The van der Waals surface area contributed by atoms with Crippen molar-refractivity contribution in [2.75, 3.05) is 17.9 Å². The Bertz CT molecular complexity index is 647. The molecule has 0 spiro atoms. The van der Waals surface area contributed by atoms with Crippen molar-refractivity contribution in [3.05, 3.63) is 52.1 Å². The molecule has 2 rings (SSSR count). The highest BCUT2D eigenvalue weighted by molar-refractivity contribution is 5.54. The Morgan fingerprint density at radius 2 is 2.10 bits per heavy atom. The van der Waals surface area contributed by atoms with Crippen molar-refractivity contribution >= 4 is 17.3 Å². The van der Waals surface area contributed by atoms with Crippen LogP contribution in [0.25, 0.3) is 0 Å². The zero-order valence-electron chi connectivity index (χ0n) is 11.4. The predicted octanol–water partition coefficient (Wildman–Crippen LogP) is 1.90. The molecule has 0 aliphatic rings. The SMILES string of the molecule is COc1cccc(CNc2cc([N+](=O)[O-])cc(NN)n2)c1. The quantitative estimate of drug-likeness (QED) is 0.422. The molecule has 0 amide bonds. The molecule has 110 valence electrons. The fraction of sp³-hybridized carbons (Fsp3) is 0.154. The van der Waals surface area contributed by atoms with E-state index in [1.54, 1.807) is 7.11 Å². The van der Waals surface area contributed by atoms with E-state index >= 15 is 0 Å². The van der Waals surface area contributed by atoms with Crippen LogP contribution in [0.1, 0.15) is 5.56 Å². The van der Waals surface area contributed by atoms with Gasteiger partial charge < -0.3 is 15.5 Å². The Labute approximate surface area is 121 Å². The lowest BCUT2D eigenvalue weighted by Gasteiger charge is -2.08. The van der Waals surface area contributed by atoms with Crippen LogP contribution in [0.4, 0.5) is 17.3 Å². The molecule has 2 aromatic rings. The summed E-state index contributed by atoms with van der Waals surface area (Å²) in [7, 11) is 1.59. The van der Waals surface area contributed by atoms with E-state index in [0.717, 1.165) is 11.3 Å². The van der Waals surface area contributed by atoms with Gasteiger partial charge in [0.05, 0.1) is 24.2 Å². The summed E-state index contributed by atoms with van der Waals surface area (Å²) >= 11 is 0. The highest BCUT2D eigenvalue weighted by Crippen LogP contribution is 2.21. The topological polar surface area (TPSA) is 115 Å². The highest BCUT2D eigenvalue weighted by Gasteiger charge is 2.10. The lowest BCUT2D eigenvalue weighted by Crippen LogP contribution is -2.11. The van der Waals surface area contributed by atoms with Gasteiger partial charge in [-0.1, -0.05) is 12.1 Å². The number of hydrogen-bond donors (Lipinski definition) is 3. The first kappa shape index (κ1) is 14.5. The van der Waals surface area contributed by atoms with Gasteiger partial charge in [-0.15, -0.1) is 0 Å². The molecule has 0 aliphatic carbocycles. The summed E-state index contributed by atoms with van der Waals surface area (Å²) in [5, 5.41) is 13.9. The normalized spacial score (nSPS) is 10.0. The molecule has 0 atom stereocenters. The van der Waals surface area contributed by atoms with Crippen molar-refractivity contribution in [1.82, 2.24) is 4.98 Å². The Kier molecular flexibility index (Phi) is 4.52. The molecule has 0 saturated heterocycles. The molecule has 21 heavy (non-hydrogen) atoms. The average Bonchev–Trinajstić information content (AvgIpc) is 2.52. The minimum atomic E-state index is -0.501. The van der Waals surface area contributed by atoms with E-state index < -0.39 is 4.92 Å². The van der Waals surface area contributed by atoms with Crippen LogP contribution >= 0.6 is 0 Å². The molecule has 1 aromatic heterocycles. The third kappa shape index (κ3) is 3.80. The number of aromatic nitrogens is 1. The van der Waals surface area contributed by atoms with E-state index in [0.29, 0.717) is 12.4 Å². The lowest BCUT2D eigenvalue weighted by molar-refractivity contribution is -0.384. The maximum atomic E-state index is 10.8. The van der Waals surface area contributed by atoms with Crippen LogP contribution in [0.3, 0.4) is 0 Å². The van der Waals surface area contributed by atoms with Crippen molar-refractivity contribution in [1.29, 1.82) is 0 Å². The average molecular weight is 289 g/mol. The first-order valence-corrected chi connectivity index (χ1v) is 6.12. The standard InChI is InChI=1S/C13H15N5O3/c1-21-11-4-2-3-9(5-11)8-15-12-6-10(18(19)20)7-13(16-12)17-14/h2-7H,8,14H2,1H3,(H2,15,16,17). The largest absolute Gasteiger partial charge is 0.497 e. The molecule has 8 heteroatoms. The lowest BCUT2D eigenvalue weighted by atomic mass is 10.2. The van der Waals surface area contributed by atoms with Crippen molar-refractivity contribution in [3.8, 4) is 5.75 Å². The number of benzene rings is 1. The van der Waals surface area contributed by atoms with Crippen molar-refractivity contribution in [2.45, 2.75) is 6.54 Å². The highest BCUT2D eigenvalue weighted by atomic mass is 16.6. The maximum Gasteiger partial charge on any atom is 0.276 e. The molecule has 8 nitrogen and oxygen atoms in total. The molecule has 1 aromatic carbocycles. The number of anilines is 2. The van der Waals surface area contributed by atoms with Gasteiger partial charge in [-0.05, 0) is 17.7 Å². The van der Waals surface area contributed by atoms with Gasteiger partial charge in [0.25, 0.3) is 5.69 Å². The Hall–Kier alpha value is -2.87. The Balaban J connectivity index is 2.15. The number of rotatable bonds is 6. The minimum absolute atomic E-state index is 0.0916. The van der Waals surface area contributed by atoms with E-state index in [9.17, 15) is 10.1 Å². The summed E-state index contributed by atoms with van der Waals surface area (Å²) in [6.07, 6.45) is 0. The number of hydrogen-bond acceptors (Lipinski definition) is 7. The third-order valence-corrected chi connectivity index (χ3v) is 2.78. The van der Waals surface area contributed by atoms with Crippen LogP contribution in [0, 0.1) is 10.1 Å². The first-order valence-electron chi connectivity index (χ1n) is 6.12. The van der Waals surface area contributed by atoms with Crippen LogP contribution < -0.4 is 21.3 Å². The van der Waals surface area contributed by atoms with E-state index in [-0.39, 0.29) is 11.5 Å². The molecule has 0 bridgehead atoms. The molecule has 0 saturated carbocycles. The van der Waals surface area contributed by atoms with Gasteiger partial charge >= 0.3 is 0 Å². The minimum Gasteiger partial charge on any atom is -0.497 e. The van der Waals surface area contributed by atoms with Gasteiger partial charge in [0.1, 0.15) is 17.4 Å². The van der Waals surface area contributed by atoms with Crippen LogP contribution in [-0.4, -0.2) is 17.0 Å². The number of pyridine rings is 1. The number of nitro groups is 1. The molecule has 0 radical (unpaired) electrons.